The monoisotopic (exact) mass is 395 g/mol. The Bertz CT molecular complexity index is 944. The van der Waals surface area contributed by atoms with Crippen molar-refractivity contribution in [3.63, 3.8) is 0 Å². The Morgan fingerprint density at radius 1 is 1.04 bits per heavy atom. The first-order valence-electron chi connectivity index (χ1n) is 8.75. The van der Waals surface area contributed by atoms with Crippen molar-refractivity contribution in [3.05, 3.63) is 77.6 Å². The highest BCUT2D eigenvalue weighted by Gasteiger charge is 2.26. The molecule has 3 rings (SSSR count). The van der Waals surface area contributed by atoms with E-state index in [1.165, 1.54) is 18.8 Å². The second-order valence-corrected chi connectivity index (χ2v) is 7.17. The number of amides is 3. The molecule has 0 aliphatic heterocycles. The zero-order valence-electron chi connectivity index (χ0n) is 15.6. The number of aromatic nitrogens is 3. The van der Waals surface area contributed by atoms with E-state index in [9.17, 15) is 9.59 Å². The lowest BCUT2D eigenvalue weighted by molar-refractivity contribution is -0.119. The van der Waals surface area contributed by atoms with Gasteiger partial charge in [0.1, 0.15) is 11.1 Å². The van der Waals surface area contributed by atoms with Crippen LogP contribution in [0.3, 0.4) is 0 Å². The smallest absolute Gasteiger partial charge is 0.321 e. The number of carbonyl (C=O) groups is 2. The summed E-state index contributed by atoms with van der Waals surface area (Å²) >= 11 is 1.26. The first-order chi connectivity index (χ1) is 13.6. The van der Waals surface area contributed by atoms with Gasteiger partial charge in [-0.25, -0.2) is 4.79 Å². The third-order valence-corrected chi connectivity index (χ3v) is 5.45. The summed E-state index contributed by atoms with van der Waals surface area (Å²) in [4.78, 5) is 24.3. The zero-order valence-corrected chi connectivity index (χ0v) is 16.4. The number of urea groups is 1. The molecule has 0 radical (unpaired) electrons. The minimum absolute atomic E-state index is 0.414. The molecule has 1 atom stereocenters. The van der Waals surface area contributed by atoms with Gasteiger partial charge in [0.15, 0.2) is 5.16 Å². The second kappa shape index (κ2) is 9.18. The van der Waals surface area contributed by atoms with Gasteiger partial charge in [0.05, 0.1) is 0 Å². The van der Waals surface area contributed by atoms with E-state index in [2.05, 4.69) is 20.8 Å². The maximum atomic E-state index is 12.7. The third-order valence-electron chi connectivity index (χ3n) is 4.16. The SMILES string of the molecule is CNC(=O)NC(=O)[C@H](Sc1nnc(Cc2ccccc2)n1C)c1ccccc1. The third kappa shape index (κ3) is 4.77. The number of benzene rings is 2. The molecule has 0 fully saturated rings. The van der Waals surface area contributed by atoms with E-state index in [0.717, 1.165) is 17.0 Å². The average Bonchev–Trinajstić information content (AvgIpc) is 3.06. The van der Waals surface area contributed by atoms with Gasteiger partial charge < -0.3 is 9.88 Å². The summed E-state index contributed by atoms with van der Waals surface area (Å²) in [5, 5.41) is 13.2. The first-order valence-corrected chi connectivity index (χ1v) is 9.63. The van der Waals surface area contributed by atoms with Gasteiger partial charge in [0, 0.05) is 20.5 Å². The lowest BCUT2D eigenvalue weighted by Gasteiger charge is -2.15. The van der Waals surface area contributed by atoms with Gasteiger partial charge in [-0.3, -0.25) is 10.1 Å². The molecule has 3 aromatic rings. The van der Waals surface area contributed by atoms with Crippen LogP contribution in [0.5, 0.6) is 0 Å². The Morgan fingerprint density at radius 2 is 1.68 bits per heavy atom. The van der Waals surface area contributed by atoms with Crippen molar-refractivity contribution in [3.8, 4) is 0 Å². The normalized spacial score (nSPS) is 11.6. The Kier molecular flexibility index (Phi) is 6.44. The minimum Gasteiger partial charge on any atom is -0.341 e. The summed E-state index contributed by atoms with van der Waals surface area (Å²) < 4.78 is 1.88. The van der Waals surface area contributed by atoms with Crippen LogP contribution >= 0.6 is 11.8 Å². The number of hydrogen-bond acceptors (Lipinski definition) is 5. The number of hydrogen-bond donors (Lipinski definition) is 2. The van der Waals surface area contributed by atoms with Crippen LogP contribution in [0.4, 0.5) is 4.79 Å². The van der Waals surface area contributed by atoms with E-state index >= 15 is 0 Å². The maximum Gasteiger partial charge on any atom is 0.321 e. The highest BCUT2D eigenvalue weighted by molar-refractivity contribution is 8.00. The van der Waals surface area contributed by atoms with Crippen LogP contribution < -0.4 is 10.6 Å². The fourth-order valence-corrected chi connectivity index (χ4v) is 3.65. The standard InChI is InChI=1S/C20H21N5O2S/c1-21-19(27)22-18(26)17(15-11-7-4-8-12-15)28-20-24-23-16(25(20)2)13-14-9-5-3-6-10-14/h3-12,17H,13H2,1-2H3,(H2,21,22,26,27)/t17-/m1/s1. The van der Waals surface area contributed by atoms with Crippen LogP contribution in [0.25, 0.3) is 0 Å². The Morgan fingerprint density at radius 3 is 2.32 bits per heavy atom. The number of nitrogens with one attached hydrogen (secondary N) is 2. The molecule has 144 valence electrons. The van der Waals surface area contributed by atoms with Crippen LogP contribution in [0.1, 0.15) is 22.2 Å². The van der Waals surface area contributed by atoms with Crippen LogP contribution in [0, 0.1) is 0 Å². The van der Waals surface area contributed by atoms with Gasteiger partial charge in [-0.05, 0) is 11.1 Å². The molecule has 0 unspecified atom stereocenters. The van der Waals surface area contributed by atoms with Crippen LogP contribution in [-0.2, 0) is 18.3 Å². The summed E-state index contributed by atoms with van der Waals surface area (Å²) in [6, 6.07) is 18.7. The number of carbonyl (C=O) groups excluding carboxylic acids is 2. The molecule has 1 heterocycles. The lowest BCUT2D eigenvalue weighted by Crippen LogP contribution is -2.39. The van der Waals surface area contributed by atoms with Crippen LogP contribution in [-0.4, -0.2) is 33.8 Å². The van der Waals surface area contributed by atoms with Gasteiger partial charge in [-0.1, -0.05) is 72.4 Å². The zero-order chi connectivity index (χ0) is 19.9. The Hall–Kier alpha value is -3.13. The predicted octanol–water partition coefficient (Wildman–Crippen LogP) is 2.69. The van der Waals surface area contributed by atoms with Crippen molar-refractivity contribution >= 4 is 23.7 Å². The Labute approximate surface area is 167 Å². The highest BCUT2D eigenvalue weighted by Crippen LogP contribution is 2.34. The van der Waals surface area contributed by atoms with Gasteiger partial charge in [-0.2, -0.15) is 0 Å². The summed E-state index contributed by atoms with van der Waals surface area (Å²) in [6.45, 7) is 0. The molecule has 0 aliphatic carbocycles. The van der Waals surface area contributed by atoms with Crippen molar-refractivity contribution in [1.82, 2.24) is 25.4 Å². The average molecular weight is 395 g/mol. The molecule has 1 aromatic heterocycles. The van der Waals surface area contributed by atoms with Crippen molar-refractivity contribution in [1.29, 1.82) is 0 Å². The molecular formula is C20H21N5O2S. The molecule has 7 nitrogen and oxygen atoms in total. The molecule has 0 saturated carbocycles. The molecule has 0 bridgehead atoms. The van der Waals surface area contributed by atoms with Crippen LogP contribution in [0.15, 0.2) is 65.8 Å². The van der Waals surface area contributed by atoms with Gasteiger partial charge >= 0.3 is 6.03 Å². The molecule has 28 heavy (non-hydrogen) atoms. The van der Waals surface area contributed by atoms with Gasteiger partial charge in [0.2, 0.25) is 5.91 Å². The molecular weight excluding hydrogens is 374 g/mol. The van der Waals surface area contributed by atoms with Gasteiger partial charge in [0.25, 0.3) is 0 Å². The number of imide groups is 1. The van der Waals surface area contributed by atoms with Crippen LogP contribution in [0.2, 0.25) is 0 Å². The first kappa shape index (κ1) is 19.6. The summed E-state index contributed by atoms with van der Waals surface area (Å²) in [7, 11) is 3.34. The summed E-state index contributed by atoms with van der Waals surface area (Å²) in [5.41, 5.74) is 1.91. The fourth-order valence-electron chi connectivity index (χ4n) is 2.63. The fraction of sp³-hybridized carbons (Fsp3) is 0.200. The van der Waals surface area contributed by atoms with Crippen molar-refractivity contribution in [2.24, 2.45) is 7.05 Å². The topological polar surface area (TPSA) is 88.9 Å². The predicted molar refractivity (Wildman–Crippen MR) is 108 cm³/mol. The van der Waals surface area contributed by atoms with E-state index in [1.807, 2.05) is 72.3 Å². The van der Waals surface area contributed by atoms with Crippen molar-refractivity contribution < 1.29 is 9.59 Å². The van der Waals surface area contributed by atoms with E-state index in [0.29, 0.717) is 11.6 Å². The summed E-state index contributed by atoms with van der Waals surface area (Å²) in [6.07, 6.45) is 0.644. The van der Waals surface area contributed by atoms with E-state index in [1.54, 1.807) is 0 Å². The quantitative estimate of drug-likeness (QED) is 0.627. The molecule has 2 N–H and O–H groups in total. The van der Waals surface area contributed by atoms with E-state index in [4.69, 9.17) is 0 Å². The summed E-state index contributed by atoms with van der Waals surface area (Å²) in [5.74, 6) is 0.385. The largest absolute Gasteiger partial charge is 0.341 e. The lowest BCUT2D eigenvalue weighted by atomic mass is 10.1. The second-order valence-electron chi connectivity index (χ2n) is 6.10. The van der Waals surface area contributed by atoms with E-state index in [-0.39, 0.29) is 0 Å². The number of thioether (sulfide) groups is 1. The van der Waals surface area contributed by atoms with Crippen molar-refractivity contribution in [2.75, 3.05) is 7.05 Å². The highest BCUT2D eigenvalue weighted by atomic mass is 32.2. The molecule has 8 heteroatoms. The van der Waals surface area contributed by atoms with Crippen molar-refractivity contribution in [2.45, 2.75) is 16.8 Å². The molecule has 3 amide bonds. The number of nitrogens with zero attached hydrogens (tertiary/aromatic N) is 3. The Balaban J connectivity index is 1.83. The molecule has 0 aliphatic rings. The minimum atomic E-state index is -0.633. The molecule has 0 saturated heterocycles. The maximum absolute atomic E-state index is 12.7. The van der Waals surface area contributed by atoms with E-state index < -0.39 is 17.2 Å². The number of rotatable bonds is 6. The molecule has 2 aromatic carbocycles. The van der Waals surface area contributed by atoms with Gasteiger partial charge in [-0.15, -0.1) is 10.2 Å². The molecule has 0 spiro atoms.